The first-order chi connectivity index (χ1) is 9.72. The zero-order valence-electron chi connectivity index (χ0n) is 11.8. The SMILES string of the molecule is Cc1ccc(C)c(C=Cc2ccc3ccccc3n2)c1. The summed E-state index contributed by atoms with van der Waals surface area (Å²) in [6, 6.07) is 18.9. The normalized spacial score (nSPS) is 11.3. The van der Waals surface area contributed by atoms with E-state index in [9.17, 15) is 0 Å². The van der Waals surface area contributed by atoms with E-state index in [0.29, 0.717) is 0 Å². The average molecular weight is 259 g/mol. The Morgan fingerprint density at radius 1 is 0.850 bits per heavy atom. The molecule has 0 atom stereocenters. The molecule has 0 radical (unpaired) electrons. The van der Waals surface area contributed by atoms with Crippen molar-refractivity contribution in [3.63, 3.8) is 0 Å². The second kappa shape index (κ2) is 5.30. The van der Waals surface area contributed by atoms with Crippen LogP contribution >= 0.6 is 0 Å². The second-order valence-electron chi connectivity index (χ2n) is 5.12. The van der Waals surface area contributed by atoms with Gasteiger partial charge < -0.3 is 0 Å². The molecule has 1 nitrogen and oxygen atoms in total. The first-order valence-corrected chi connectivity index (χ1v) is 6.83. The Morgan fingerprint density at radius 3 is 2.60 bits per heavy atom. The third-order valence-electron chi connectivity index (χ3n) is 3.49. The van der Waals surface area contributed by atoms with Crippen LogP contribution in [0.2, 0.25) is 0 Å². The van der Waals surface area contributed by atoms with Crippen LogP contribution in [0.3, 0.4) is 0 Å². The van der Waals surface area contributed by atoms with Gasteiger partial charge in [-0.2, -0.15) is 0 Å². The van der Waals surface area contributed by atoms with Crippen LogP contribution in [0.5, 0.6) is 0 Å². The Kier molecular flexibility index (Phi) is 3.34. The fourth-order valence-corrected chi connectivity index (χ4v) is 2.29. The number of para-hydroxylation sites is 1. The molecule has 0 spiro atoms. The molecular formula is C19H17N. The van der Waals surface area contributed by atoms with E-state index in [4.69, 9.17) is 0 Å². The van der Waals surface area contributed by atoms with Crippen molar-refractivity contribution >= 4 is 23.1 Å². The Morgan fingerprint density at radius 2 is 1.70 bits per heavy atom. The maximum atomic E-state index is 4.66. The van der Waals surface area contributed by atoms with Gasteiger partial charge in [-0.15, -0.1) is 0 Å². The number of nitrogens with zero attached hydrogens (tertiary/aromatic N) is 1. The van der Waals surface area contributed by atoms with Crippen molar-refractivity contribution in [3.05, 3.63) is 77.0 Å². The largest absolute Gasteiger partial charge is 0.248 e. The molecule has 0 aliphatic heterocycles. The van der Waals surface area contributed by atoms with Crippen LogP contribution in [0.4, 0.5) is 0 Å². The molecule has 0 aliphatic rings. The molecule has 3 rings (SSSR count). The Balaban J connectivity index is 1.96. The summed E-state index contributed by atoms with van der Waals surface area (Å²) in [7, 11) is 0. The van der Waals surface area contributed by atoms with Gasteiger partial charge in [0.1, 0.15) is 0 Å². The molecule has 98 valence electrons. The number of aromatic nitrogens is 1. The molecule has 20 heavy (non-hydrogen) atoms. The van der Waals surface area contributed by atoms with Gasteiger partial charge in [0.05, 0.1) is 11.2 Å². The summed E-state index contributed by atoms with van der Waals surface area (Å²) in [5.41, 5.74) is 5.84. The van der Waals surface area contributed by atoms with Crippen LogP contribution in [0.15, 0.2) is 54.6 Å². The Labute approximate surface area is 119 Å². The van der Waals surface area contributed by atoms with Crippen molar-refractivity contribution in [1.82, 2.24) is 4.98 Å². The van der Waals surface area contributed by atoms with Gasteiger partial charge in [-0.25, -0.2) is 4.98 Å². The summed E-state index contributed by atoms with van der Waals surface area (Å²) in [5, 5.41) is 1.18. The zero-order chi connectivity index (χ0) is 13.9. The van der Waals surface area contributed by atoms with E-state index in [1.54, 1.807) is 0 Å². The van der Waals surface area contributed by atoms with Crippen molar-refractivity contribution in [2.24, 2.45) is 0 Å². The lowest BCUT2D eigenvalue weighted by molar-refractivity contribution is 1.36. The van der Waals surface area contributed by atoms with Crippen LogP contribution in [0.1, 0.15) is 22.4 Å². The van der Waals surface area contributed by atoms with Crippen molar-refractivity contribution in [2.45, 2.75) is 13.8 Å². The highest BCUT2D eigenvalue weighted by atomic mass is 14.7. The highest BCUT2D eigenvalue weighted by Crippen LogP contribution is 2.16. The number of benzene rings is 2. The molecule has 0 bridgehead atoms. The standard InChI is InChI=1S/C19H17N/c1-14-7-8-15(2)17(13-14)10-12-18-11-9-16-5-3-4-6-19(16)20-18/h3-13H,1-2H3. The van der Waals surface area contributed by atoms with E-state index in [1.165, 1.54) is 22.1 Å². The lowest BCUT2D eigenvalue weighted by Crippen LogP contribution is -1.84. The van der Waals surface area contributed by atoms with Gasteiger partial charge in [0, 0.05) is 5.39 Å². The van der Waals surface area contributed by atoms with E-state index in [2.05, 4.69) is 67.4 Å². The first-order valence-electron chi connectivity index (χ1n) is 6.83. The van der Waals surface area contributed by atoms with Crippen LogP contribution in [0.25, 0.3) is 23.1 Å². The van der Waals surface area contributed by atoms with Crippen LogP contribution < -0.4 is 0 Å². The molecular weight excluding hydrogens is 242 g/mol. The van der Waals surface area contributed by atoms with Gasteiger partial charge >= 0.3 is 0 Å². The molecule has 1 aromatic heterocycles. The quantitative estimate of drug-likeness (QED) is 0.629. The predicted octanol–water partition coefficient (Wildman–Crippen LogP) is 5.02. The molecule has 0 aliphatic carbocycles. The summed E-state index contributed by atoms with van der Waals surface area (Å²) in [4.78, 5) is 4.66. The van der Waals surface area contributed by atoms with E-state index in [-0.39, 0.29) is 0 Å². The second-order valence-corrected chi connectivity index (χ2v) is 5.12. The summed E-state index contributed by atoms with van der Waals surface area (Å²) < 4.78 is 0. The van der Waals surface area contributed by atoms with E-state index in [0.717, 1.165) is 11.2 Å². The van der Waals surface area contributed by atoms with Gasteiger partial charge in [-0.3, -0.25) is 0 Å². The lowest BCUT2D eigenvalue weighted by atomic mass is 10.0. The maximum Gasteiger partial charge on any atom is 0.0709 e. The molecule has 0 saturated heterocycles. The molecule has 1 heterocycles. The molecule has 2 aromatic carbocycles. The number of rotatable bonds is 2. The topological polar surface area (TPSA) is 12.9 Å². The Hall–Kier alpha value is -2.41. The van der Waals surface area contributed by atoms with Crippen molar-refractivity contribution in [1.29, 1.82) is 0 Å². The summed E-state index contributed by atoms with van der Waals surface area (Å²) in [6.45, 7) is 4.25. The summed E-state index contributed by atoms with van der Waals surface area (Å²) in [6.07, 6.45) is 4.22. The number of fused-ring (bicyclic) bond motifs is 1. The van der Waals surface area contributed by atoms with Crippen molar-refractivity contribution < 1.29 is 0 Å². The number of aryl methyl sites for hydroxylation is 2. The highest BCUT2D eigenvalue weighted by molar-refractivity contribution is 5.81. The third-order valence-corrected chi connectivity index (χ3v) is 3.49. The van der Waals surface area contributed by atoms with Crippen LogP contribution in [-0.4, -0.2) is 4.98 Å². The average Bonchev–Trinajstić information content (AvgIpc) is 2.48. The molecule has 0 unspecified atom stereocenters. The number of hydrogen-bond acceptors (Lipinski definition) is 1. The maximum absolute atomic E-state index is 4.66. The monoisotopic (exact) mass is 259 g/mol. The lowest BCUT2D eigenvalue weighted by Gasteiger charge is -2.02. The fourth-order valence-electron chi connectivity index (χ4n) is 2.29. The molecule has 0 N–H and O–H groups in total. The zero-order valence-corrected chi connectivity index (χ0v) is 11.8. The van der Waals surface area contributed by atoms with Crippen molar-refractivity contribution in [2.75, 3.05) is 0 Å². The van der Waals surface area contributed by atoms with Gasteiger partial charge in [-0.1, -0.05) is 54.1 Å². The van der Waals surface area contributed by atoms with Gasteiger partial charge in [-0.05, 0) is 43.2 Å². The van der Waals surface area contributed by atoms with Gasteiger partial charge in [0.25, 0.3) is 0 Å². The van der Waals surface area contributed by atoms with Crippen molar-refractivity contribution in [3.8, 4) is 0 Å². The van der Waals surface area contributed by atoms with E-state index >= 15 is 0 Å². The third kappa shape index (κ3) is 2.62. The van der Waals surface area contributed by atoms with Gasteiger partial charge in [0.2, 0.25) is 0 Å². The summed E-state index contributed by atoms with van der Waals surface area (Å²) in [5.74, 6) is 0. The summed E-state index contributed by atoms with van der Waals surface area (Å²) >= 11 is 0. The minimum absolute atomic E-state index is 0.990. The fraction of sp³-hybridized carbons (Fsp3) is 0.105. The number of hydrogen-bond donors (Lipinski definition) is 0. The number of pyridine rings is 1. The molecule has 0 amide bonds. The Bertz CT molecular complexity index is 785. The minimum Gasteiger partial charge on any atom is -0.248 e. The minimum atomic E-state index is 0.990. The van der Waals surface area contributed by atoms with Crippen LogP contribution in [-0.2, 0) is 0 Å². The first kappa shape index (κ1) is 12.6. The molecule has 0 saturated carbocycles. The predicted molar refractivity (Wildman–Crippen MR) is 86.6 cm³/mol. The van der Waals surface area contributed by atoms with Gasteiger partial charge in [0.15, 0.2) is 0 Å². The molecule has 0 fully saturated rings. The highest BCUT2D eigenvalue weighted by Gasteiger charge is 1.97. The van der Waals surface area contributed by atoms with Crippen LogP contribution in [0, 0.1) is 13.8 Å². The molecule has 1 heteroatoms. The van der Waals surface area contributed by atoms with E-state index < -0.39 is 0 Å². The molecule has 3 aromatic rings. The van der Waals surface area contributed by atoms with E-state index in [1.807, 2.05) is 18.2 Å². The smallest absolute Gasteiger partial charge is 0.0709 e.